The third kappa shape index (κ3) is 2.72. The molecule has 1 aliphatic carbocycles. The molecule has 1 rings (SSSR count). The Labute approximate surface area is 67.7 Å². The summed E-state index contributed by atoms with van der Waals surface area (Å²) in [5.41, 5.74) is 0. The Bertz CT molecular complexity index is 189. The van der Waals surface area contributed by atoms with Gasteiger partial charge in [-0.1, -0.05) is 43.4 Å². The minimum Gasteiger partial charge on any atom is -0.385 e. The molecule has 0 fully saturated rings. The largest absolute Gasteiger partial charge is 0.385 e. The Morgan fingerprint density at radius 3 is 2.55 bits per heavy atom. The molecule has 11 heavy (non-hydrogen) atoms. The van der Waals surface area contributed by atoms with Gasteiger partial charge in [0.1, 0.15) is 0 Å². The standard InChI is InChI=1S/C10H14O/c1-2-9-5-3-4-6-10(11)8-7-9/h3-11H,2H2,1H3/b5-3-,6-4-,8-7-/t9-,10-/m1/s1. The predicted octanol–water partition coefficient (Wildman–Crippen LogP) is 2.06. The molecule has 0 saturated carbocycles. The van der Waals surface area contributed by atoms with Crippen LogP contribution in [0, 0.1) is 5.92 Å². The minimum atomic E-state index is -0.408. The number of rotatable bonds is 1. The fourth-order valence-corrected chi connectivity index (χ4v) is 1.04. The monoisotopic (exact) mass is 150 g/mol. The van der Waals surface area contributed by atoms with Crippen LogP contribution >= 0.6 is 0 Å². The van der Waals surface area contributed by atoms with Gasteiger partial charge in [-0.05, 0) is 12.3 Å². The normalized spacial score (nSPS) is 38.7. The molecule has 0 unspecified atom stereocenters. The zero-order chi connectivity index (χ0) is 8.10. The molecule has 0 aromatic rings. The second-order valence-electron chi connectivity index (χ2n) is 2.72. The lowest BCUT2D eigenvalue weighted by Gasteiger charge is -2.05. The quantitative estimate of drug-likeness (QED) is 0.567. The van der Waals surface area contributed by atoms with Crippen LogP contribution in [0.25, 0.3) is 0 Å². The van der Waals surface area contributed by atoms with Crippen LogP contribution in [-0.2, 0) is 0 Å². The highest BCUT2D eigenvalue weighted by Crippen LogP contribution is 2.09. The molecule has 0 spiro atoms. The predicted molar refractivity (Wildman–Crippen MR) is 47.2 cm³/mol. The summed E-state index contributed by atoms with van der Waals surface area (Å²) in [7, 11) is 0. The van der Waals surface area contributed by atoms with E-state index in [0.29, 0.717) is 5.92 Å². The van der Waals surface area contributed by atoms with E-state index in [0.717, 1.165) is 6.42 Å². The summed E-state index contributed by atoms with van der Waals surface area (Å²) in [6.45, 7) is 2.14. The van der Waals surface area contributed by atoms with Gasteiger partial charge in [0, 0.05) is 0 Å². The third-order valence-corrected chi connectivity index (χ3v) is 1.80. The maximum absolute atomic E-state index is 9.22. The molecular formula is C10H14O. The fourth-order valence-electron chi connectivity index (χ4n) is 1.04. The summed E-state index contributed by atoms with van der Waals surface area (Å²) in [5.74, 6) is 0.481. The van der Waals surface area contributed by atoms with Crippen LogP contribution in [0.2, 0.25) is 0 Å². The van der Waals surface area contributed by atoms with Crippen LogP contribution in [-0.4, -0.2) is 11.2 Å². The van der Waals surface area contributed by atoms with E-state index in [-0.39, 0.29) is 0 Å². The van der Waals surface area contributed by atoms with Gasteiger partial charge in [-0.25, -0.2) is 0 Å². The van der Waals surface area contributed by atoms with E-state index in [4.69, 9.17) is 0 Å². The van der Waals surface area contributed by atoms with Gasteiger partial charge in [0.15, 0.2) is 0 Å². The lowest BCUT2D eigenvalue weighted by atomic mass is 10.0. The number of aliphatic hydroxyl groups is 1. The van der Waals surface area contributed by atoms with Crippen molar-refractivity contribution in [2.45, 2.75) is 19.4 Å². The second kappa shape index (κ2) is 4.14. The summed E-state index contributed by atoms with van der Waals surface area (Å²) >= 11 is 0. The van der Waals surface area contributed by atoms with Gasteiger partial charge >= 0.3 is 0 Å². The summed E-state index contributed by atoms with van der Waals surface area (Å²) in [6, 6.07) is 0. The molecule has 0 radical (unpaired) electrons. The Balaban J connectivity index is 2.67. The first kappa shape index (κ1) is 8.28. The van der Waals surface area contributed by atoms with E-state index in [1.807, 2.05) is 24.3 Å². The van der Waals surface area contributed by atoms with E-state index in [2.05, 4.69) is 13.0 Å². The van der Waals surface area contributed by atoms with E-state index in [1.54, 1.807) is 6.08 Å². The van der Waals surface area contributed by atoms with Gasteiger partial charge in [0.05, 0.1) is 6.10 Å². The van der Waals surface area contributed by atoms with Crippen LogP contribution in [0.4, 0.5) is 0 Å². The van der Waals surface area contributed by atoms with Crippen molar-refractivity contribution >= 4 is 0 Å². The first-order valence-electron chi connectivity index (χ1n) is 4.04. The van der Waals surface area contributed by atoms with Gasteiger partial charge < -0.3 is 5.11 Å². The Hall–Kier alpha value is -0.820. The van der Waals surface area contributed by atoms with Gasteiger partial charge in [-0.3, -0.25) is 0 Å². The van der Waals surface area contributed by atoms with E-state index < -0.39 is 6.10 Å². The number of aliphatic hydroxyl groups excluding tert-OH is 1. The zero-order valence-corrected chi connectivity index (χ0v) is 6.77. The molecule has 1 N–H and O–H groups in total. The Morgan fingerprint density at radius 2 is 1.82 bits per heavy atom. The molecule has 0 heterocycles. The van der Waals surface area contributed by atoms with Crippen molar-refractivity contribution in [2.75, 3.05) is 0 Å². The molecule has 1 heteroatoms. The van der Waals surface area contributed by atoms with Crippen LogP contribution in [0.15, 0.2) is 36.5 Å². The highest BCUT2D eigenvalue weighted by Gasteiger charge is 1.98. The first-order valence-corrected chi connectivity index (χ1v) is 4.04. The van der Waals surface area contributed by atoms with E-state index >= 15 is 0 Å². The third-order valence-electron chi connectivity index (χ3n) is 1.80. The maximum atomic E-state index is 9.22. The second-order valence-corrected chi connectivity index (χ2v) is 2.72. The van der Waals surface area contributed by atoms with Crippen LogP contribution in [0.5, 0.6) is 0 Å². The van der Waals surface area contributed by atoms with Crippen molar-refractivity contribution in [1.29, 1.82) is 0 Å². The van der Waals surface area contributed by atoms with Crippen LogP contribution in [0.3, 0.4) is 0 Å². The topological polar surface area (TPSA) is 20.2 Å². The van der Waals surface area contributed by atoms with Crippen molar-refractivity contribution < 1.29 is 5.11 Å². The van der Waals surface area contributed by atoms with Crippen LogP contribution in [0.1, 0.15) is 13.3 Å². The molecule has 0 saturated heterocycles. The lowest BCUT2D eigenvalue weighted by molar-refractivity contribution is 0.271. The number of allylic oxidation sites excluding steroid dienone is 4. The van der Waals surface area contributed by atoms with Crippen molar-refractivity contribution in [3.63, 3.8) is 0 Å². The Kier molecular flexibility index (Phi) is 3.12. The molecule has 0 aromatic heterocycles. The highest BCUT2D eigenvalue weighted by molar-refractivity contribution is 5.16. The smallest absolute Gasteiger partial charge is 0.0905 e. The molecule has 0 bridgehead atoms. The molecule has 0 amide bonds. The fraction of sp³-hybridized carbons (Fsp3) is 0.400. The van der Waals surface area contributed by atoms with E-state index in [9.17, 15) is 5.11 Å². The number of hydrogen-bond donors (Lipinski definition) is 1. The summed E-state index contributed by atoms with van der Waals surface area (Å²) in [5, 5.41) is 9.22. The molecule has 60 valence electrons. The van der Waals surface area contributed by atoms with Crippen molar-refractivity contribution in [1.82, 2.24) is 0 Å². The Morgan fingerprint density at radius 1 is 1.09 bits per heavy atom. The molecule has 2 atom stereocenters. The van der Waals surface area contributed by atoms with Gasteiger partial charge in [0.2, 0.25) is 0 Å². The lowest BCUT2D eigenvalue weighted by Crippen LogP contribution is -1.99. The van der Waals surface area contributed by atoms with Crippen LogP contribution < -0.4 is 0 Å². The molecule has 0 aromatic carbocycles. The SMILES string of the molecule is CC[C@@H]1/C=C\C=C/[C@@H](O)/C=C\1. The van der Waals surface area contributed by atoms with Gasteiger partial charge in [0.25, 0.3) is 0 Å². The maximum Gasteiger partial charge on any atom is 0.0905 e. The number of hydrogen-bond acceptors (Lipinski definition) is 1. The molecular weight excluding hydrogens is 136 g/mol. The van der Waals surface area contributed by atoms with Crippen molar-refractivity contribution in [2.24, 2.45) is 5.92 Å². The van der Waals surface area contributed by atoms with Gasteiger partial charge in [-0.2, -0.15) is 0 Å². The first-order chi connectivity index (χ1) is 5.33. The van der Waals surface area contributed by atoms with Gasteiger partial charge in [-0.15, -0.1) is 0 Å². The summed E-state index contributed by atoms with van der Waals surface area (Å²) in [4.78, 5) is 0. The van der Waals surface area contributed by atoms with Crippen molar-refractivity contribution in [3.05, 3.63) is 36.5 Å². The molecule has 1 aliphatic rings. The van der Waals surface area contributed by atoms with E-state index in [1.165, 1.54) is 0 Å². The average molecular weight is 150 g/mol. The zero-order valence-electron chi connectivity index (χ0n) is 6.77. The van der Waals surface area contributed by atoms with Crippen molar-refractivity contribution in [3.8, 4) is 0 Å². The summed E-state index contributed by atoms with van der Waals surface area (Å²) < 4.78 is 0. The average Bonchev–Trinajstić information content (AvgIpc) is 1.98. The summed E-state index contributed by atoms with van der Waals surface area (Å²) in [6.07, 6.45) is 12.3. The molecule has 1 nitrogen and oxygen atoms in total. The molecule has 0 aliphatic heterocycles. The minimum absolute atomic E-state index is 0.408. The highest BCUT2D eigenvalue weighted by atomic mass is 16.3.